The van der Waals surface area contributed by atoms with Crippen molar-refractivity contribution in [3.05, 3.63) is 29.3 Å². The molecule has 11 heavy (non-hydrogen) atoms. The first-order chi connectivity index (χ1) is 5.15. The average Bonchev–Trinajstić information content (AvgIpc) is 1.97. The molecule has 1 N–H and O–H groups in total. The van der Waals surface area contributed by atoms with Gasteiger partial charge in [0.15, 0.2) is 11.6 Å². The third-order valence-corrected chi connectivity index (χ3v) is 1.54. The Balaban J connectivity index is 3.21. The summed E-state index contributed by atoms with van der Waals surface area (Å²) in [6, 6.07) is 2.31. The number of aryl methyl sites for hydroxylation is 1. The molecule has 0 spiro atoms. The summed E-state index contributed by atoms with van der Waals surface area (Å²) in [6.45, 7) is 1.72. The molecule has 60 valence electrons. The molecule has 0 amide bonds. The van der Waals surface area contributed by atoms with E-state index in [0.717, 1.165) is 6.07 Å². The molecule has 0 heterocycles. The van der Waals surface area contributed by atoms with Crippen LogP contribution in [-0.2, 0) is 0 Å². The minimum atomic E-state index is -0.819. The summed E-state index contributed by atoms with van der Waals surface area (Å²) >= 11 is 0. The van der Waals surface area contributed by atoms with Gasteiger partial charge in [0.05, 0.1) is 0 Å². The van der Waals surface area contributed by atoms with Gasteiger partial charge in [-0.3, -0.25) is 0 Å². The molecule has 1 aromatic rings. The zero-order valence-electron chi connectivity index (χ0n) is 6.41. The van der Waals surface area contributed by atoms with E-state index in [2.05, 4.69) is 5.32 Å². The lowest BCUT2D eigenvalue weighted by atomic mass is 10.2. The number of hydrogen-bond acceptors (Lipinski definition) is 1. The molecule has 1 nitrogen and oxygen atoms in total. The van der Waals surface area contributed by atoms with Gasteiger partial charge in [0, 0.05) is 18.8 Å². The Kier molecular flexibility index (Phi) is 2.08. The maximum atomic E-state index is 12.5. The van der Waals surface area contributed by atoms with Crippen molar-refractivity contribution in [1.29, 1.82) is 0 Å². The average molecular weight is 157 g/mol. The minimum absolute atomic E-state index is 0.615. The van der Waals surface area contributed by atoms with Crippen LogP contribution in [0.5, 0.6) is 0 Å². The first kappa shape index (κ1) is 7.98. The molecule has 0 unspecified atom stereocenters. The van der Waals surface area contributed by atoms with Crippen LogP contribution in [0.25, 0.3) is 0 Å². The smallest absolute Gasteiger partial charge is 0.160 e. The Labute approximate surface area is 64.0 Å². The van der Waals surface area contributed by atoms with Crippen molar-refractivity contribution < 1.29 is 8.78 Å². The second kappa shape index (κ2) is 2.86. The SMILES string of the molecule is CNc1cc(F)c(F)cc1C. The van der Waals surface area contributed by atoms with Gasteiger partial charge in [-0.05, 0) is 18.6 Å². The second-order valence-electron chi connectivity index (χ2n) is 2.33. The molecule has 0 saturated carbocycles. The largest absolute Gasteiger partial charge is 0.388 e. The lowest BCUT2D eigenvalue weighted by Gasteiger charge is -2.04. The Hall–Kier alpha value is -1.12. The summed E-state index contributed by atoms with van der Waals surface area (Å²) in [6.07, 6.45) is 0. The van der Waals surface area contributed by atoms with Crippen LogP contribution in [0, 0.1) is 18.6 Å². The lowest BCUT2D eigenvalue weighted by Crippen LogP contribution is -1.94. The number of nitrogens with one attached hydrogen (secondary N) is 1. The second-order valence-corrected chi connectivity index (χ2v) is 2.33. The lowest BCUT2D eigenvalue weighted by molar-refractivity contribution is 0.508. The van der Waals surface area contributed by atoms with Crippen molar-refractivity contribution in [3.8, 4) is 0 Å². The standard InChI is InChI=1S/C8H9F2N/c1-5-3-6(9)7(10)4-8(5)11-2/h3-4,11H,1-2H3. The number of benzene rings is 1. The van der Waals surface area contributed by atoms with E-state index in [1.54, 1.807) is 14.0 Å². The van der Waals surface area contributed by atoms with Crippen molar-refractivity contribution in [2.45, 2.75) is 6.92 Å². The van der Waals surface area contributed by atoms with E-state index >= 15 is 0 Å². The van der Waals surface area contributed by atoms with E-state index in [4.69, 9.17) is 0 Å². The topological polar surface area (TPSA) is 12.0 Å². The normalized spacial score (nSPS) is 9.82. The molecule has 1 rings (SSSR count). The number of halogens is 2. The van der Waals surface area contributed by atoms with Crippen molar-refractivity contribution in [2.24, 2.45) is 0 Å². The molecule has 0 aromatic heterocycles. The molecule has 0 bridgehead atoms. The molecule has 0 aliphatic heterocycles. The zero-order valence-corrected chi connectivity index (χ0v) is 6.41. The van der Waals surface area contributed by atoms with E-state index in [-0.39, 0.29) is 0 Å². The third kappa shape index (κ3) is 1.48. The van der Waals surface area contributed by atoms with Crippen molar-refractivity contribution >= 4 is 5.69 Å². The van der Waals surface area contributed by atoms with Crippen LogP contribution in [0.1, 0.15) is 5.56 Å². The van der Waals surface area contributed by atoms with Crippen LogP contribution in [0.15, 0.2) is 12.1 Å². The minimum Gasteiger partial charge on any atom is -0.388 e. The molecular weight excluding hydrogens is 148 g/mol. The zero-order chi connectivity index (χ0) is 8.43. The van der Waals surface area contributed by atoms with Crippen LogP contribution >= 0.6 is 0 Å². The fourth-order valence-electron chi connectivity index (χ4n) is 0.916. The van der Waals surface area contributed by atoms with Crippen LogP contribution in [-0.4, -0.2) is 7.05 Å². The molecule has 1 aromatic carbocycles. The van der Waals surface area contributed by atoms with Crippen LogP contribution < -0.4 is 5.32 Å². The van der Waals surface area contributed by atoms with Gasteiger partial charge in [0.1, 0.15) is 0 Å². The van der Waals surface area contributed by atoms with Crippen molar-refractivity contribution in [3.63, 3.8) is 0 Å². The van der Waals surface area contributed by atoms with E-state index in [1.807, 2.05) is 0 Å². The number of hydrogen-bond donors (Lipinski definition) is 1. The monoisotopic (exact) mass is 157 g/mol. The highest BCUT2D eigenvalue weighted by Crippen LogP contribution is 2.17. The highest BCUT2D eigenvalue weighted by atomic mass is 19.2. The maximum Gasteiger partial charge on any atom is 0.160 e. The fraction of sp³-hybridized carbons (Fsp3) is 0.250. The summed E-state index contributed by atoms with van der Waals surface area (Å²) in [5.41, 5.74) is 1.32. The summed E-state index contributed by atoms with van der Waals surface area (Å²) in [7, 11) is 1.67. The van der Waals surface area contributed by atoms with Gasteiger partial charge in [0.2, 0.25) is 0 Å². The molecule has 0 aliphatic rings. The van der Waals surface area contributed by atoms with Crippen molar-refractivity contribution in [1.82, 2.24) is 0 Å². The Morgan fingerprint density at radius 1 is 1.18 bits per heavy atom. The first-order valence-corrected chi connectivity index (χ1v) is 3.28. The molecule has 0 saturated heterocycles. The van der Waals surface area contributed by atoms with Gasteiger partial charge >= 0.3 is 0 Å². The van der Waals surface area contributed by atoms with Gasteiger partial charge in [-0.25, -0.2) is 8.78 Å². The number of rotatable bonds is 1. The van der Waals surface area contributed by atoms with E-state index in [9.17, 15) is 8.78 Å². The van der Waals surface area contributed by atoms with Gasteiger partial charge in [-0.2, -0.15) is 0 Å². The van der Waals surface area contributed by atoms with Crippen molar-refractivity contribution in [2.75, 3.05) is 12.4 Å². The molecular formula is C8H9F2N. The van der Waals surface area contributed by atoms with Gasteiger partial charge in [-0.15, -0.1) is 0 Å². The summed E-state index contributed by atoms with van der Waals surface area (Å²) < 4.78 is 25.0. The molecule has 0 atom stereocenters. The molecule has 0 fully saturated rings. The maximum absolute atomic E-state index is 12.5. The Morgan fingerprint density at radius 3 is 2.27 bits per heavy atom. The number of anilines is 1. The van der Waals surface area contributed by atoms with Crippen LogP contribution in [0.2, 0.25) is 0 Å². The fourth-order valence-corrected chi connectivity index (χ4v) is 0.916. The summed E-state index contributed by atoms with van der Waals surface area (Å²) in [5.74, 6) is -1.62. The predicted octanol–water partition coefficient (Wildman–Crippen LogP) is 2.31. The summed E-state index contributed by atoms with van der Waals surface area (Å²) in [5, 5.41) is 2.76. The Morgan fingerprint density at radius 2 is 1.73 bits per heavy atom. The van der Waals surface area contributed by atoms with Gasteiger partial charge < -0.3 is 5.32 Å². The van der Waals surface area contributed by atoms with Crippen LogP contribution in [0.4, 0.5) is 14.5 Å². The molecule has 0 aliphatic carbocycles. The first-order valence-electron chi connectivity index (χ1n) is 3.28. The highest BCUT2D eigenvalue weighted by Gasteiger charge is 2.04. The van der Waals surface area contributed by atoms with Crippen LogP contribution in [0.3, 0.4) is 0 Å². The quantitative estimate of drug-likeness (QED) is 0.659. The third-order valence-electron chi connectivity index (χ3n) is 1.54. The summed E-state index contributed by atoms with van der Waals surface area (Å²) in [4.78, 5) is 0. The Bertz CT molecular complexity index is 271. The van der Waals surface area contributed by atoms with Gasteiger partial charge in [0.25, 0.3) is 0 Å². The van der Waals surface area contributed by atoms with E-state index in [0.29, 0.717) is 11.3 Å². The highest BCUT2D eigenvalue weighted by molar-refractivity contribution is 5.50. The van der Waals surface area contributed by atoms with Gasteiger partial charge in [-0.1, -0.05) is 0 Å². The molecule has 3 heteroatoms. The predicted molar refractivity (Wildman–Crippen MR) is 40.6 cm³/mol. The van der Waals surface area contributed by atoms with E-state index < -0.39 is 11.6 Å². The molecule has 0 radical (unpaired) electrons. The van der Waals surface area contributed by atoms with E-state index in [1.165, 1.54) is 6.07 Å².